The van der Waals surface area contributed by atoms with Crippen LogP contribution in [0.3, 0.4) is 0 Å². The van der Waals surface area contributed by atoms with Gasteiger partial charge in [-0.1, -0.05) is 0 Å². The van der Waals surface area contributed by atoms with E-state index < -0.39 is 0 Å². The topological polar surface area (TPSA) is 39.1 Å². The minimum atomic E-state index is -0.212. The summed E-state index contributed by atoms with van der Waals surface area (Å²) in [7, 11) is 4.07. The maximum absolute atomic E-state index is 8.92. The summed E-state index contributed by atoms with van der Waals surface area (Å²) >= 11 is 0. The van der Waals surface area contributed by atoms with Gasteiger partial charge in [0, 0.05) is 32.0 Å². The van der Waals surface area contributed by atoms with Crippen molar-refractivity contribution in [2.24, 2.45) is 5.41 Å². The Balaban J connectivity index is 2.34. The molecule has 1 N–H and O–H groups in total. The molecular formula is C15H23N3. The Labute approximate surface area is 110 Å². The summed E-state index contributed by atoms with van der Waals surface area (Å²) < 4.78 is 0. The van der Waals surface area contributed by atoms with E-state index in [4.69, 9.17) is 5.26 Å². The predicted molar refractivity (Wildman–Crippen MR) is 77.9 cm³/mol. The Morgan fingerprint density at radius 3 is 2.33 bits per heavy atom. The third kappa shape index (κ3) is 4.67. The van der Waals surface area contributed by atoms with Gasteiger partial charge in [-0.15, -0.1) is 0 Å². The maximum atomic E-state index is 8.92. The van der Waals surface area contributed by atoms with Crippen molar-refractivity contribution in [2.45, 2.75) is 26.7 Å². The fourth-order valence-corrected chi connectivity index (χ4v) is 1.70. The molecule has 0 amide bonds. The lowest BCUT2D eigenvalue weighted by Gasteiger charge is -2.16. The van der Waals surface area contributed by atoms with E-state index in [1.165, 1.54) is 5.69 Å². The van der Waals surface area contributed by atoms with Crippen LogP contribution >= 0.6 is 0 Å². The maximum Gasteiger partial charge on any atom is 0.0683 e. The zero-order valence-corrected chi connectivity index (χ0v) is 11.8. The monoisotopic (exact) mass is 245 g/mol. The van der Waals surface area contributed by atoms with Crippen LogP contribution in [0.15, 0.2) is 24.3 Å². The Bertz CT molecular complexity index is 399. The Morgan fingerprint density at radius 1 is 1.22 bits per heavy atom. The van der Waals surface area contributed by atoms with E-state index in [9.17, 15) is 0 Å². The highest BCUT2D eigenvalue weighted by Gasteiger charge is 2.15. The van der Waals surface area contributed by atoms with Crippen LogP contribution in [0.2, 0.25) is 0 Å². The SMILES string of the molecule is CN(C)c1ccc(NCCCC(C)(C)C#N)cc1. The van der Waals surface area contributed by atoms with Gasteiger partial charge in [0.1, 0.15) is 0 Å². The third-order valence-electron chi connectivity index (χ3n) is 2.99. The lowest BCUT2D eigenvalue weighted by atomic mass is 9.90. The van der Waals surface area contributed by atoms with Crippen LogP contribution in [0.4, 0.5) is 11.4 Å². The first-order valence-electron chi connectivity index (χ1n) is 6.37. The van der Waals surface area contributed by atoms with Gasteiger partial charge in [-0.3, -0.25) is 0 Å². The number of rotatable bonds is 6. The van der Waals surface area contributed by atoms with Crippen molar-refractivity contribution in [1.29, 1.82) is 5.26 Å². The highest BCUT2D eigenvalue weighted by Crippen LogP contribution is 2.21. The molecule has 1 rings (SSSR count). The first-order chi connectivity index (χ1) is 8.44. The van der Waals surface area contributed by atoms with E-state index in [0.29, 0.717) is 0 Å². The van der Waals surface area contributed by atoms with Gasteiger partial charge < -0.3 is 10.2 Å². The van der Waals surface area contributed by atoms with Gasteiger partial charge in [-0.25, -0.2) is 0 Å². The number of anilines is 2. The quantitative estimate of drug-likeness (QED) is 0.780. The molecule has 0 saturated heterocycles. The van der Waals surface area contributed by atoms with Crippen molar-refractivity contribution < 1.29 is 0 Å². The van der Waals surface area contributed by atoms with Crippen molar-refractivity contribution in [3.63, 3.8) is 0 Å². The van der Waals surface area contributed by atoms with Crippen LogP contribution in [0.5, 0.6) is 0 Å². The van der Waals surface area contributed by atoms with Gasteiger partial charge in [0.15, 0.2) is 0 Å². The molecule has 0 saturated carbocycles. The molecule has 1 aromatic rings. The zero-order valence-electron chi connectivity index (χ0n) is 11.8. The summed E-state index contributed by atoms with van der Waals surface area (Å²) in [6.07, 6.45) is 1.93. The van der Waals surface area contributed by atoms with Gasteiger partial charge in [-0.05, 0) is 51.0 Å². The standard InChI is InChI=1S/C15H23N3/c1-15(2,12-16)10-5-11-17-13-6-8-14(9-7-13)18(3)4/h6-9,17H,5,10-11H2,1-4H3. The van der Waals surface area contributed by atoms with Crippen LogP contribution < -0.4 is 10.2 Å². The molecule has 0 bridgehead atoms. The van der Waals surface area contributed by atoms with Crippen LogP contribution in [-0.4, -0.2) is 20.6 Å². The summed E-state index contributed by atoms with van der Waals surface area (Å²) in [6, 6.07) is 10.7. The summed E-state index contributed by atoms with van der Waals surface area (Å²) in [6.45, 7) is 4.88. The highest BCUT2D eigenvalue weighted by atomic mass is 15.1. The fourth-order valence-electron chi connectivity index (χ4n) is 1.70. The molecule has 0 unspecified atom stereocenters. The van der Waals surface area contributed by atoms with E-state index in [1.807, 2.05) is 27.9 Å². The smallest absolute Gasteiger partial charge is 0.0683 e. The molecule has 0 aliphatic carbocycles. The van der Waals surface area contributed by atoms with E-state index in [1.54, 1.807) is 0 Å². The number of benzene rings is 1. The van der Waals surface area contributed by atoms with E-state index in [0.717, 1.165) is 25.1 Å². The highest BCUT2D eigenvalue weighted by molar-refractivity contribution is 5.54. The number of nitrogens with zero attached hydrogens (tertiary/aromatic N) is 2. The van der Waals surface area contributed by atoms with Gasteiger partial charge in [0.2, 0.25) is 0 Å². The van der Waals surface area contributed by atoms with Crippen LogP contribution in [0, 0.1) is 16.7 Å². The molecule has 3 heteroatoms. The minimum absolute atomic E-state index is 0.212. The van der Waals surface area contributed by atoms with Gasteiger partial charge in [0.05, 0.1) is 11.5 Å². The molecule has 1 aromatic carbocycles. The van der Waals surface area contributed by atoms with Gasteiger partial charge in [-0.2, -0.15) is 5.26 Å². The molecule has 0 atom stereocenters. The fraction of sp³-hybridized carbons (Fsp3) is 0.533. The summed E-state index contributed by atoms with van der Waals surface area (Å²) in [4.78, 5) is 2.08. The van der Waals surface area contributed by atoms with Crippen LogP contribution in [-0.2, 0) is 0 Å². The Morgan fingerprint density at radius 2 is 1.83 bits per heavy atom. The normalized spacial score (nSPS) is 10.8. The van der Waals surface area contributed by atoms with Crippen molar-refractivity contribution in [2.75, 3.05) is 30.9 Å². The van der Waals surface area contributed by atoms with Crippen molar-refractivity contribution in [3.8, 4) is 6.07 Å². The Hall–Kier alpha value is -1.69. The molecule has 0 heterocycles. The minimum Gasteiger partial charge on any atom is -0.385 e. The first kappa shape index (κ1) is 14.4. The first-order valence-corrected chi connectivity index (χ1v) is 6.37. The number of nitrogens with one attached hydrogen (secondary N) is 1. The second kappa shape index (κ2) is 6.30. The molecule has 98 valence electrons. The van der Waals surface area contributed by atoms with E-state index in [-0.39, 0.29) is 5.41 Å². The molecule has 0 aliphatic heterocycles. The third-order valence-corrected chi connectivity index (χ3v) is 2.99. The van der Waals surface area contributed by atoms with E-state index in [2.05, 4.69) is 40.6 Å². The summed E-state index contributed by atoms with van der Waals surface area (Å²) in [5.41, 5.74) is 2.12. The zero-order chi connectivity index (χ0) is 13.6. The largest absolute Gasteiger partial charge is 0.385 e. The van der Waals surface area contributed by atoms with E-state index >= 15 is 0 Å². The number of hydrogen-bond acceptors (Lipinski definition) is 3. The molecule has 0 fully saturated rings. The molecule has 18 heavy (non-hydrogen) atoms. The molecule has 0 radical (unpaired) electrons. The van der Waals surface area contributed by atoms with Crippen LogP contribution in [0.1, 0.15) is 26.7 Å². The van der Waals surface area contributed by atoms with Crippen molar-refractivity contribution in [1.82, 2.24) is 0 Å². The Kier molecular flexibility index (Phi) is 5.03. The van der Waals surface area contributed by atoms with Gasteiger partial charge in [0.25, 0.3) is 0 Å². The average molecular weight is 245 g/mol. The lowest BCUT2D eigenvalue weighted by Crippen LogP contribution is -2.11. The predicted octanol–water partition coefficient (Wildman–Crippen LogP) is 3.49. The number of nitriles is 1. The molecule has 0 spiro atoms. The second-order valence-electron chi connectivity index (χ2n) is 5.47. The average Bonchev–Trinajstić information content (AvgIpc) is 2.35. The second-order valence-corrected chi connectivity index (χ2v) is 5.47. The molecular weight excluding hydrogens is 222 g/mol. The summed E-state index contributed by atoms with van der Waals surface area (Å²) in [5, 5.41) is 12.3. The van der Waals surface area contributed by atoms with Gasteiger partial charge >= 0.3 is 0 Å². The number of hydrogen-bond donors (Lipinski definition) is 1. The molecule has 0 aliphatic rings. The van der Waals surface area contributed by atoms with Crippen molar-refractivity contribution in [3.05, 3.63) is 24.3 Å². The molecule has 3 nitrogen and oxygen atoms in total. The summed E-state index contributed by atoms with van der Waals surface area (Å²) in [5.74, 6) is 0. The van der Waals surface area contributed by atoms with Crippen molar-refractivity contribution >= 4 is 11.4 Å². The van der Waals surface area contributed by atoms with Crippen LogP contribution in [0.25, 0.3) is 0 Å². The molecule has 0 aromatic heterocycles. The lowest BCUT2D eigenvalue weighted by molar-refractivity contribution is 0.441.